The van der Waals surface area contributed by atoms with Crippen LogP contribution in [0.3, 0.4) is 0 Å². The molecule has 1 unspecified atom stereocenters. The van der Waals surface area contributed by atoms with Gasteiger partial charge in [-0.05, 0) is 36.6 Å². The van der Waals surface area contributed by atoms with Crippen LogP contribution in [0.1, 0.15) is 32.3 Å². The van der Waals surface area contributed by atoms with Crippen molar-refractivity contribution in [3.05, 3.63) is 36.4 Å². The van der Waals surface area contributed by atoms with E-state index in [1.165, 1.54) is 0 Å². The van der Waals surface area contributed by atoms with Crippen molar-refractivity contribution in [3.63, 3.8) is 0 Å². The van der Waals surface area contributed by atoms with Crippen molar-refractivity contribution in [3.8, 4) is 11.5 Å². The fourth-order valence-electron chi connectivity index (χ4n) is 1.91. The van der Waals surface area contributed by atoms with E-state index in [0.29, 0.717) is 26.1 Å². The van der Waals surface area contributed by atoms with Gasteiger partial charge in [-0.3, -0.25) is 4.79 Å². The molecule has 0 fully saturated rings. The summed E-state index contributed by atoms with van der Waals surface area (Å²) in [6.07, 6.45) is 3.62. The number of benzene rings is 1. The molecule has 0 aliphatic carbocycles. The SMILES string of the molecule is C=CCCC(=O)OCC(C)COc1ccc(OC)cc1CC. The van der Waals surface area contributed by atoms with Gasteiger partial charge in [0.15, 0.2) is 0 Å². The Morgan fingerprint density at radius 2 is 2.14 bits per heavy atom. The summed E-state index contributed by atoms with van der Waals surface area (Å²) in [6.45, 7) is 8.53. The summed E-state index contributed by atoms with van der Waals surface area (Å²) in [7, 11) is 1.65. The van der Waals surface area contributed by atoms with E-state index in [1.807, 2.05) is 25.1 Å². The van der Waals surface area contributed by atoms with Gasteiger partial charge in [-0.2, -0.15) is 0 Å². The maximum atomic E-state index is 11.4. The summed E-state index contributed by atoms with van der Waals surface area (Å²) in [5, 5.41) is 0. The third-order valence-electron chi connectivity index (χ3n) is 3.25. The van der Waals surface area contributed by atoms with Crippen LogP contribution >= 0.6 is 0 Å². The summed E-state index contributed by atoms with van der Waals surface area (Å²) in [5.74, 6) is 1.63. The van der Waals surface area contributed by atoms with E-state index < -0.39 is 0 Å². The first-order valence-corrected chi connectivity index (χ1v) is 7.66. The first-order valence-electron chi connectivity index (χ1n) is 7.66. The number of rotatable bonds is 10. The molecule has 0 aliphatic heterocycles. The second-order valence-corrected chi connectivity index (χ2v) is 5.25. The fraction of sp³-hybridized carbons (Fsp3) is 0.500. The van der Waals surface area contributed by atoms with Crippen molar-refractivity contribution in [1.82, 2.24) is 0 Å². The zero-order valence-corrected chi connectivity index (χ0v) is 13.8. The summed E-state index contributed by atoms with van der Waals surface area (Å²) >= 11 is 0. The maximum Gasteiger partial charge on any atom is 0.306 e. The Labute approximate surface area is 133 Å². The summed E-state index contributed by atoms with van der Waals surface area (Å²) < 4.78 is 16.3. The fourth-order valence-corrected chi connectivity index (χ4v) is 1.91. The second-order valence-electron chi connectivity index (χ2n) is 5.25. The monoisotopic (exact) mass is 306 g/mol. The highest BCUT2D eigenvalue weighted by Crippen LogP contribution is 2.25. The molecule has 0 aliphatic rings. The number of carbonyl (C=O) groups is 1. The van der Waals surface area contributed by atoms with Crippen molar-refractivity contribution in [1.29, 1.82) is 0 Å². The number of aryl methyl sites for hydroxylation is 1. The molecule has 0 spiro atoms. The first kappa shape index (κ1) is 18.1. The van der Waals surface area contributed by atoms with Gasteiger partial charge >= 0.3 is 5.97 Å². The number of ether oxygens (including phenoxy) is 3. The average molecular weight is 306 g/mol. The smallest absolute Gasteiger partial charge is 0.306 e. The van der Waals surface area contributed by atoms with Crippen LogP contribution in [0.2, 0.25) is 0 Å². The molecular formula is C18H26O4. The number of hydrogen-bond donors (Lipinski definition) is 0. The molecule has 0 saturated carbocycles. The third kappa shape index (κ3) is 6.20. The molecule has 1 aromatic rings. The Morgan fingerprint density at radius 3 is 2.77 bits per heavy atom. The molecule has 0 amide bonds. The van der Waals surface area contributed by atoms with E-state index in [0.717, 1.165) is 23.5 Å². The highest BCUT2D eigenvalue weighted by Gasteiger charge is 2.10. The zero-order chi connectivity index (χ0) is 16.4. The van der Waals surface area contributed by atoms with Gasteiger partial charge in [0.05, 0.1) is 20.3 Å². The van der Waals surface area contributed by atoms with Gasteiger partial charge in [0, 0.05) is 12.3 Å². The Balaban J connectivity index is 2.42. The molecule has 1 aromatic carbocycles. The minimum absolute atomic E-state index is 0.138. The summed E-state index contributed by atoms with van der Waals surface area (Å²) in [4.78, 5) is 11.4. The van der Waals surface area contributed by atoms with Gasteiger partial charge in [0.2, 0.25) is 0 Å². The molecule has 0 aromatic heterocycles. The van der Waals surface area contributed by atoms with Crippen LogP contribution in [0.25, 0.3) is 0 Å². The third-order valence-corrected chi connectivity index (χ3v) is 3.25. The highest BCUT2D eigenvalue weighted by atomic mass is 16.5. The molecule has 0 bridgehead atoms. The van der Waals surface area contributed by atoms with E-state index >= 15 is 0 Å². The van der Waals surface area contributed by atoms with Gasteiger partial charge in [0.25, 0.3) is 0 Å². The topological polar surface area (TPSA) is 44.8 Å². The standard InChI is InChI=1S/C18H26O4/c1-5-7-8-18(19)22-13-14(3)12-21-17-10-9-16(20-4)11-15(17)6-2/h5,9-11,14H,1,6-8,12-13H2,2-4H3. The first-order chi connectivity index (χ1) is 10.6. The van der Waals surface area contributed by atoms with Crippen LogP contribution in [-0.2, 0) is 16.0 Å². The van der Waals surface area contributed by atoms with Crippen molar-refractivity contribution in [2.45, 2.75) is 33.1 Å². The van der Waals surface area contributed by atoms with Crippen LogP contribution in [-0.4, -0.2) is 26.3 Å². The molecule has 0 heterocycles. The predicted octanol–water partition coefficient (Wildman–Crippen LogP) is 3.78. The number of esters is 1. The minimum atomic E-state index is -0.189. The van der Waals surface area contributed by atoms with Crippen molar-refractivity contribution < 1.29 is 19.0 Å². The molecular weight excluding hydrogens is 280 g/mol. The van der Waals surface area contributed by atoms with Gasteiger partial charge in [-0.15, -0.1) is 6.58 Å². The van der Waals surface area contributed by atoms with Crippen LogP contribution in [0.15, 0.2) is 30.9 Å². The second kappa shape index (κ2) is 9.87. The van der Waals surface area contributed by atoms with E-state index in [2.05, 4.69) is 13.5 Å². The molecule has 122 valence electrons. The molecule has 0 radical (unpaired) electrons. The van der Waals surface area contributed by atoms with Gasteiger partial charge in [0.1, 0.15) is 11.5 Å². The molecule has 1 atom stereocenters. The largest absolute Gasteiger partial charge is 0.497 e. The lowest BCUT2D eigenvalue weighted by Gasteiger charge is -2.16. The van der Waals surface area contributed by atoms with Gasteiger partial charge in [-0.25, -0.2) is 0 Å². The van der Waals surface area contributed by atoms with Crippen molar-refractivity contribution >= 4 is 5.97 Å². The van der Waals surface area contributed by atoms with Gasteiger partial charge < -0.3 is 14.2 Å². The molecule has 4 heteroatoms. The van der Waals surface area contributed by atoms with Crippen LogP contribution in [0, 0.1) is 5.92 Å². The van der Waals surface area contributed by atoms with Crippen LogP contribution in [0.5, 0.6) is 11.5 Å². The summed E-state index contributed by atoms with van der Waals surface area (Å²) in [5.41, 5.74) is 1.11. The van der Waals surface area contributed by atoms with Gasteiger partial charge in [-0.1, -0.05) is 19.9 Å². The molecule has 0 N–H and O–H groups in total. The zero-order valence-electron chi connectivity index (χ0n) is 13.8. The normalized spacial score (nSPS) is 11.6. The Morgan fingerprint density at radius 1 is 1.36 bits per heavy atom. The lowest BCUT2D eigenvalue weighted by molar-refractivity contribution is -0.145. The van der Waals surface area contributed by atoms with E-state index in [-0.39, 0.29) is 11.9 Å². The molecule has 0 saturated heterocycles. The number of hydrogen-bond acceptors (Lipinski definition) is 4. The lowest BCUT2D eigenvalue weighted by Crippen LogP contribution is -2.18. The average Bonchev–Trinajstić information content (AvgIpc) is 2.55. The van der Waals surface area contributed by atoms with Crippen molar-refractivity contribution in [2.75, 3.05) is 20.3 Å². The highest BCUT2D eigenvalue weighted by molar-refractivity contribution is 5.69. The van der Waals surface area contributed by atoms with E-state index in [9.17, 15) is 4.79 Å². The Kier molecular flexibility index (Phi) is 8.11. The number of carbonyl (C=O) groups excluding carboxylic acids is 1. The quantitative estimate of drug-likeness (QED) is 0.487. The Bertz CT molecular complexity index is 482. The van der Waals surface area contributed by atoms with E-state index in [1.54, 1.807) is 13.2 Å². The predicted molar refractivity (Wildman–Crippen MR) is 87.4 cm³/mol. The molecule has 1 rings (SSSR count). The molecule has 22 heavy (non-hydrogen) atoms. The van der Waals surface area contributed by atoms with Crippen LogP contribution in [0.4, 0.5) is 0 Å². The Hall–Kier alpha value is -1.97. The van der Waals surface area contributed by atoms with E-state index in [4.69, 9.17) is 14.2 Å². The number of allylic oxidation sites excluding steroid dienone is 1. The lowest BCUT2D eigenvalue weighted by atomic mass is 10.1. The minimum Gasteiger partial charge on any atom is -0.497 e. The summed E-state index contributed by atoms with van der Waals surface area (Å²) in [6, 6.07) is 5.78. The van der Waals surface area contributed by atoms with Crippen molar-refractivity contribution in [2.24, 2.45) is 5.92 Å². The number of methoxy groups -OCH3 is 1. The van der Waals surface area contributed by atoms with Crippen LogP contribution < -0.4 is 9.47 Å². The maximum absolute atomic E-state index is 11.4. The molecule has 4 nitrogen and oxygen atoms in total.